The Morgan fingerprint density at radius 2 is 1.89 bits per heavy atom. The number of rotatable bonds is 4. The molecule has 2 unspecified atom stereocenters. The lowest BCUT2D eigenvalue weighted by Gasteiger charge is -2.37. The average Bonchev–Trinajstić information content (AvgIpc) is 2.66. The summed E-state index contributed by atoms with van der Waals surface area (Å²) in [5.41, 5.74) is 0.226. The Morgan fingerprint density at radius 3 is 2.50 bits per heavy atom. The van der Waals surface area contributed by atoms with E-state index in [2.05, 4.69) is 9.97 Å². The second-order valence-corrected chi connectivity index (χ2v) is 8.56. The smallest absolute Gasteiger partial charge is 0.263 e. The van der Waals surface area contributed by atoms with E-state index in [1.807, 2.05) is 51.1 Å². The Bertz CT molecular complexity index is 871. The summed E-state index contributed by atoms with van der Waals surface area (Å²) in [5.74, 6) is 0.158. The van der Waals surface area contributed by atoms with Crippen LogP contribution in [0.5, 0.6) is 0 Å². The number of aromatic amines is 1. The molecule has 0 aliphatic heterocycles. The van der Waals surface area contributed by atoms with Crippen LogP contribution >= 0.6 is 0 Å². The molecule has 0 bridgehead atoms. The Kier molecular flexibility index (Phi) is 5.98. The minimum absolute atomic E-state index is 0.0155. The third-order valence-electron chi connectivity index (χ3n) is 5.29. The van der Waals surface area contributed by atoms with Crippen LogP contribution in [0.2, 0.25) is 0 Å². The number of H-pyrrole nitrogens is 1. The second-order valence-electron chi connectivity index (χ2n) is 8.56. The van der Waals surface area contributed by atoms with Crippen molar-refractivity contribution in [2.24, 2.45) is 0 Å². The molecule has 6 nitrogen and oxygen atoms in total. The molecule has 1 aromatic carbocycles. The Balaban J connectivity index is 1.95. The minimum Gasteiger partial charge on any atom is -0.391 e. The zero-order valence-electron chi connectivity index (χ0n) is 16.8. The Hall–Kier alpha value is -2.47. The molecule has 150 valence electrons. The van der Waals surface area contributed by atoms with E-state index in [-0.39, 0.29) is 22.9 Å². The van der Waals surface area contributed by atoms with E-state index in [1.54, 1.807) is 4.90 Å². The third kappa shape index (κ3) is 4.50. The van der Waals surface area contributed by atoms with E-state index in [4.69, 9.17) is 0 Å². The molecule has 2 atom stereocenters. The molecule has 6 heteroatoms. The molecular weight excluding hydrogens is 354 g/mol. The molecule has 2 aromatic rings. The third-order valence-corrected chi connectivity index (χ3v) is 5.29. The van der Waals surface area contributed by atoms with Gasteiger partial charge >= 0.3 is 0 Å². The maximum absolute atomic E-state index is 13.3. The lowest BCUT2D eigenvalue weighted by Crippen LogP contribution is -2.49. The number of carbonyl (C=O) groups excluding carboxylic acids is 1. The number of hydrogen-bond donors (Lipinski definition) is 2. The van der Waals surface area contributed by atoms with Gasteiger partial charge in [-0.25, -0.2) is 4.98 Å². The number of benzene rings is 1. The van der Waals surface area contributed by atoms with E-state index < -0.39 is 11.7 Å². The van der Waals surface area contributed by atoms with E-state index in [9.17, 15) is 14.7 Å². The van der Waals surface area contributed by atoms with Gasteiger partial charge in [-0.2, -0.15) is 0 Å². The highest BCUT2D eigenvalue weighted by Gasteiger charge is 2.33. The number of amides is 1. The Morgan fingerprint density at radius 1 is 1.21 bits per heavy atom. The van der Waals surface area contributed by atoms with Gasteiger partial charge in [-0.1, -0.05) is 63.9 Å². The summed E-state index contributed by atoms with van der Waals surface area (Å²) in [4.78, 5) is 34.7. The van der Waals surface area contributed by atoms with Crippen molar-refractivity contribution in [3.05, 3.63) is 63.8 Å². The van der Waals surface area contributed by atoms with E-state index in [0.29, 0.717) is 18.8 Å². The van der Waals surface area contributed by atoms with Gasteiger partial charge in [0.15, 0.2) is 0 Å². The standard InChI is InChI=1S/C22H29N3O3/c1-22(2,3)21-23-13-16(19(27)24-21)20(28)25(14-15-9-5-4-6-10-15)17-11-7-8-12-18(17)26/h4-6,9-10,13,17-18,26H,7-8,11-12,14H2,1-3H3,(H,23,24,27). The molecule has 28 heavy (non-hydrogen) atoms. The summed E-state index contributed by atoms with van der Waals surface area (Å²) >= 11 is 0. The summed E-state index contributed by atoms with van der Waals surface area (Å²) in [6, 6.07) is 9.35. The topological polar surface area (TPSA) is 86.3 Å². The van der Waals surface area contributed by atoms with E-state index >= 15 is 0 Å². The largest absolute Gasteiger partial charge is 0.391 e. The van der Waals surface area contributed by atoms with Crippen molar-refractivity contribution in [2.45, 2.75) is 70.6 Å². The lowest BCUT2D eigenvalue weighted by atomic mass is 9.90. The predicted molar refractivity (Wildman–Crippen MR) is 108 cm³/mol. The van der Waals surface area contributed by atoms with Crippen molar-refractivity contribution in [1.29, 1.82) is 0 Å². The lowest BCUT2D eigenvalue weighted by molar-refractivity contribution is 0.0148. The van der Waals surface area contributed by atoms with Crippen molar-refractivity contribution < 1.29 is 9.90 Å². The van der Waals surface area contributed by atoms with Crippen LogP contribution in [0, 0.1) is 0 Å². The van der Waals surface area contributed by atoms with Crippen LogP contribution in [-0.2, 0) is 12.0 Å². The number of nitrogens with zero attached hydrogens (tertiary/aromatic N) is 2. The van der Waals surface area contributed by atoms with Gasteiger partial charge in [-0.3, -0.25) is 9.59 Å². The van der Waals surface area contributed by atoms with Crippen LogP contribution in [0.1, 0.15) is 68.2 Å². The zero-order chi connectivity index (χ0) is 20.3. The van der Waals surface area contributed by atoms with Crippen molar-refractivity contribution in [2.75, 3.05) is 0 Å². The molecule has 1 aromatic heterocycles. The van der Waals surface area contributed by atoms with Gasteiger partial charge in [0.05, 0.1) is 12.1 Å². The van der Waals surface area contributed by atoms with Crippen LogP contribution in [-0.4, -0.2) is 38.0 Å². The maximum Gasteiger partial charge on any atom is 0.263 e. The van der Waals surface area contributed by atoms with Gasteiger partial charge in [-0.15, -0.1) is 0 Å². The highest BCUT2D eigenvalue weighted by molar-refractivity contribution is 5.93. The second kappa shape index (κ2) is 8.27. The van der Waals surface area contributed by atoms with Crippen molar-refractivity contribution in [1.82, 2.24) is 14.9 Å². The number of aliphatic hydroxyl groups excluding tert-OH is 1. The molecule has 1 aliphatic carbocycles. The fourth-order valence-corrected chi connectivity index (χ4v) is 3.66. The van der Waals surface area contributed by atoms with Crippen LogP contribution in [0.15, 0.2) is 41.3 Å². The molecule has 1 heterocycles. The normalized spacial score (nSPS) is 20.0. The summed E-state index contributed by atoms with van der Waals surface area (Å²) in [5, 5.41) is 10.5. The van der Waals surface area contributed by atoms with Crippen LogP contribution in [0.4, 0.5) is 0 Å². The van der Waals surface area contributed by atoms with Crippen molar-refractivity contribution in [3.63, 3.8) is 0 Å². The predicted octanol–water partition coefficient (Wildman–Crippen LogP) is 3.01. The zero-order valence-corrected chi connectivity index (χ0v) is 16.8. The molecule has 1 fully saturated rings. The van der Waals surface area contributed by atoms with Gasteiger partial charge in [0, 0.05) is 18.2 Å². The SMILES string of the molecule is CC(C)(C)c1ncc(C(=O)N(Cc2ccccc2)C2CCCCC2O)c(=O)[nH]1. The maximum atomic E-state index is 13.3. The van der Waals surface area contributed by atoms with Gasteiger partial charge in [0.25, 0.3) is 11.5 Å². The first-order valence-electron chi connectivity index (χ1n) is 9.90. The van der Waals surface area contributed by atoms with Gasteiger partial charge in [0.1, 0.15) is 11.4 Å². The van der Waals surface area contributed by atoms with Crippen LogP contribution < -0.4 is 5.56 Å². The number of nitrogens with one attached hydrogen (secondary N) is 1. The number of aliphatic hydroxyl groups is 1. The van der Waals surface area contributed by atoms with Crippen LogP contribution in [0.3, 0.4) is 0 Å². The molecule has 0 radical (unpaired) electrons. The van der Waals surface area contributed by atoms with Crippen LogP contribution in [0.25, 0.3) is 0 Å². The van der Waals surface area contributed by atoms with Gasteiger partial charge in [0.2, 0.25) is 0 Å². The molecule has 0 spiro atoms. The first-order valence-corrected chi connectivity index (χ1v) is 9.90. The van der Waals surface area contributed by atoms with E-state index in [0.717, 1.165) is 24.8 Å². The molecule has 1 amide bonds. The molecule has 3 rings (SSSR count). The fraction of sp³-hybridized carbons (Fsp3) is 0.500. The molecular formula is C22H29N3O3. The Labute approximate surface area is 165 Å². The van der Waals surface area contributed by atoms with E-state index in [1.165, 1.54) is 6.20 Å². The van der Waals surface area contributed by atoms with Crippen molar-refractivity contribution >= 4 is 5.91 Å². The monoisotopic (exact) mass is 383 g/mol. The number of carbonyl (C=O) groups is 1. The fourth-order valence-electron chi connectivity index (χ4n) is 3.66. The summed E-state index contributed by atoms with van der Waals surface area (Å²) < 4.78 is 0. The average molecular weight is 383 g/mol. The first kappa shape index (κ1) is 20.3. The molecule has 0 saturated heterocycles. The molecule has 2 N–H and O–H groups in total. The number of aromatic nitrogens is 2. The minimum atomic E-state index is -0.581. The number of hydrogen-bond acceptors (Lipinski definition) is 4. The highest BCUT2D eigenvalue weighted by atomic mass is 16.3. The highest BCUT2D eigenvalue weighted by Crippen LogP contribution is 2.26. The quantitative estimate of drug-likeness (QED) is 0.850. The summed E-state index contributed by atoms with van der Waals surface area (Å²) in [7, 11) is 0. The molecule has 1 saturated carbocycles. The summed E-state index contributed by atoms with van der Waals surface area (Å²) in [6.07, 6.45) is 4.09. The van der Waals surface area contributed by atoms with Crippen molar-refractivity contribution in [3.8, 4) is 0 Å². The van der Waals surface area contributed by atoms with Gasteiger partial charge in [-0.05, 0) is 18.4 Å². The summed E-state index contributed by atoms with van der Waals surface area (Å²) in [6.45, 7) is 6.20. The van der Waals surface area contributed by atoms with Gasteiger partial charge < -0.3 is 15.0 Å². The first-order chi connectivity index (χ1) is 13.3. The molecule has 1 aliphatic rings.